The molecule has 5 nitrogen and oxygen atoms in total. The Morgan fingerprint density at radius 1 is 1.29 bits per heavy atom. The van der Waals surface area contributed by atoms with Crippen LogP contribution in [0.4, 0.5) is 4.79 Å². The van der Waals surface area contributed by atoms with E-state index in [0.717, 1.165) is 39.0 Å². The zero-order chi connectivity index (χ0) is 15.5. The smallest absolute Gasteiger partial charge is 0.410 e. The maximum atomic E-state index is 12.0. The van der Waals surface area contributed by atoms with Crippen molar-refractivity contribution >= 4 is 6.09 Å². The Kier molecular flexibility index (Phi) is 5.49. The van der Waals surface area contributed by atoms with Crippen LogP contribution in [0, 0.1) is 0 Å². The number of hydrogen-bond acceptors (Lipinski definition) is 4. The molecule has 2 atom stereocenters. The zero-order valence-corrected chi connectivity index (χ0v) is 13.9. The van der Waals surface area contributed by atoms with Gasteiger partial charge < -0.3 is 19.7 Å². The van der Waals surface area contributed by atoms with E-state index in [2.05, 4.69) is 12.2 Å². The Hall–Kier alpha value is -0.810. The molecule has 2 aliphatic heterocycles. The number of likely N-dealkylation sites (tertiary alicyclic amines) is 1. The van der Waals surface area contributed by atoms with E-state index in [0.29, 0.717) is 18.2 Å². The topological polar surface area (TPSA) is 50.8 Å². The Bertz CT molecular complexity index is 340. The molecule has 2 rings (SSSR count). The van der Waals surface area contributed by atoms with Gasteiger partial charge in [-0.25, -0.2) is 4.79 Å². The number of piperidine rings is 1. The van der Waals surface area contributed by atoms with Crippen molar-refractivity contribution in [2.75, 3.05) is 19.7 Å². The third-order valence-corrected chi connectivity index (χ3v) is 4.17. The van der Waals surface area contributed by atoms with Crippen LogP contribution >= 0.6 is 0 Å². The SMILES string of the molecule is CC(NC1CCN(C(=O)OC(C)(C)C)CC1)C1CCCO1. The lowest BCUT2D eigenvalue weighted by Crippen LogP contribution is -2.50. The molecule has 2 heterocycles. The lowest BCUT2D eigenvalue weighted by Gasteiger charge is -2.35. The Morgan fingerprint density at radius 3 is 2.48 bits per heavy atom. The minimum absolute atomic E-state index is 0.187. The molecule has 0 aromatic carbocycles. The quantitative estimate of drug-likeness (QED) is 0.870. The van der Waals surface area contributed by atoms with Gasteiger partial charge in [0.15, 0.2) is 0 Å². The van der Waals surface area contributed by atoms with E-state index in [4.69, 9.17) is 9.47 Å². The summed E-state index contributed by atoms with van der Waals surface area (Å²) >= 11 is 0. The summed E-state index contributed by atoms with van der Waals surface area (Å²) in [4.78, 5) is 13.8. The van der Waals surface area contributed by atoms with Crippen LogP contribution in [0.5, 0.6) is 0 Å². The summed E-state index contributed by atoms with van der Waals surface area (Å²) in [5.74, 6) is 0. The number of hydrogen-bond donors (Lipinski definition) is 1. The van der Waals surface area contributed by atoms with Crippen LogP contribution in [0.3, 0.4) is 0 Å². The highest BCUT2D eigenvalue weighted by Crippen LogP contribution is 2.19. The Morgan fingerprint density at radius 2 is 1.95 bits per heavy atom. The summed E-state index contributed by atoms with van der Waals surface area (Å²) in [5, 5.41) is 3.66. The van der Waals surface area contributed by atoms with E-state index in [-0.39, 0.29) is 6.09 Å². The molecule has 0 saturated carbocycles. The van der Waals surface area contributed by atoms with Gasteiger partial charge in [0.25, 0.3) is 0 Å². The molecule has 2 fully saturated rings. The molecular weight excluding hydrogens is 268 g/mol. The fourth-order valence-corrected chi connectivity index (χ4v) is 3.03. The maximum Gasteiger partial charge on any atom is 0.410 e. The number of ether oxygens (including phenoxy) is 2. The first-order valence-electron chi connectivity index (χ1n) is 8.21. The van der Waals surface area contributed by atoms with Crippen LogP contribution in [-0.4, -0.2) is 54.5 Å². The average Bonchev–Trinajstić information content (AvgIpc) is 2.91. The normalized spacial score (nSPS) is 25.9. The van der Waals surface area contributed by atoms with Gasteiger partial charge in [-0.3, -0.25) is 0 Å². The molecule has 5 heteroatoms. The van der Waals surface area contributed by atoms with Crippen molar-refractivity contribution in [2.45, 2.75) is 77.2 Å². The molecule has 21 heavy (non-hydrogen) atoms. The minimum atomic E-state index is -0.416. The van der Waals surface area contributed by atoms with Crippen molar-refractivity contribution in [3.05, 3.63) is 0 Å². The molecule has 0 aromatic heterocycles. The van der Waals surface area contributed by atoms with Gasteiger partial charge in [-0.05, 0) is 53.4 Å². The lowest BCUT2D eigenvalue weighted by atomic mass is 10.0. The fourth-order valence-electron chi connectivity index (χ4n) is 3.03. The van der Waals surface area contributed by atoms with Gasteiger partial charge in [0, 0.05) is 31.8 Å². The third kappa shape index (κ3) is 5.15. The standard InChI is InChI=1S/C16H30N2O3/c1-12(14-6-5-11-20-14)17-13-7-9-18(10-8-13)15(19)21-16(2,3)4/h12-14,17H,5-11H2,1-4H3. The molecule has 122 valence electrons. The highest BCUT2D eigenvalue weighted by Gasteiger charge is 2.29. The first-order valence-corrected chi connectivity index (χ1v) is 8.21. The second-order valence-electron chi connectivity index (χ2n) is 7.25. The number of carbonyl (C=O) groups is 1. The van der Waals surface area contributed by atoms with Crippen LogP contribution in [0.2, 0.25) is 0 Å². The second kappa shape index (κ2) is 6.97. The van der Waals surface area contributed by atoms with Crippen LogP contribution in [0.1, 0.15) is 53.4 Å². The van der Waals surface area contributed by atoms with Gasteiger partial charge in [0.2, 0.25) is 0 Å². The predicted octanol–water partition coefficient (Wildman–Crippen LogP) is 2.54. The predicted molar refractivity (Wildman–Crippen MR) is 82.4 cm³/mol. The van der Waals surface area contributed by atoms with E-state index < -0.39 is 5.60 Å². The van der Waals surface area contributed by atoms with Gasteiger partial charge in [0.05, 0.1) is 6.10 Å². The molecule has 0 radical (unpaired) electrons. The zero-order valence-electron chi connectivity index (χ0n) is 13.9. The van der Waals surface area contributed by atoms with Crippen molar-refractivity contribution in [3.8, 4) is 0 Å². The van der Waals surface area contributed by atoms with Crippen LogP contribution in [0.25, 0.3) is 0 Å². The van der Waals surface area contributed by atoms with Gasteiger partial charge in [-0.1, -0.05) is 0 Å². The molecule has 1 N–H and O–H groups in total. The van der Waals surface area contributed by atoms with Gasteiger partial charge in [-0.15, -0.1) is 0 Å². The molecule has 2 unspecified atom stereocenters. The molecule has 1 amide bonds. The van der Waals surface area contributed by atoms with Crippen molar-refractivity contribution in [3.63, 3.8) is 0 Å². The van der Waals surface area contributed by atoms with E-state index in [1.54, 1.807) is 0 Å². The number of carbonyl (C=O) groups excluding carboxylic acids is 1. The van der Waals surface area contributed by atoms with Gasteiger partial charge in [-0.2, -0.15) is 0 Å². The highest BCUT2D eigenvalue weighted by molar-refractivity contribution is 5.68. The largest absolute Gasteiger partial charge is 0.444 e. The number of nitrogens with one attached hydrogen (secondary N) is 1. The summed E-state index contributed by atoms with van der Waals surface area (Å²) in [6.07, 6.45) is 4.47. The van der Waals surface area contributed by atoms with E-state index in [9.17, 15) is 4.79 Å². The van der Waals surface area contributed by atoms with Crippen molar-refractivity contribution in [1.29, 1.82) is 0 Å². The summed E-state index contributed by atoms with van der Waals surface area (Å²) in [7, 11) is 0. The van der Waals surface area contributed by atoms with Crippen molar-refractivity contribution in [1.82, 2.24) is 10.2 Å². The highest BCUT2D eigenvalue weighted by atomic mass is 16.6. The molecule has 0 spiro atoms. The number of amides is 1. The minimum Gasteiger partial charge on any atom is -0.444 e. The Labute approximate surface area is 128 Å². The number of nitrogens with zero attached hydrogens (tertiary/aromatic N) is 1. The summed E-state index contributed by atoms with van der Waals surface area (Å²) in [6, 6.07) is 0.869. The van der Waals surface area contributed by atoms with Gasteiger partial charge >= 0.3 is 6.09 Å². The first kappa shape index (κ1) is 16.6. The van der Waals surface area contributed by atoms with E-state index >= 15 is 0 Å². The fraction of sp³-hybridized carbons (Fsp3) is 0.938. The van der Waals surface area contributed by atoms with Crippen LogP contribution < -0.4 is 5.32 Å². The molecule has 0 aromatic rings. The van der Waals surface area contributed by atoms with Crippen molar-refractivity contribution < 1.29 is 14.3 Å². The molecule has 2 aliphatic rings. The summed E-state index contributed by atoms with van der Waals surface area (Å²) in [5.41, 5.74) is -0.416. The van der Waals surface area contributed by atoms with E-state index in [1.807, 2.05) is 25.7 Å². The molecule has 0 aliphatic carbocycles. The third-order valence-electron chi connectivity index (χ3n) is 4.17. The van der Waals surface area contributed by atoms with E-state index in [1.165, 1.54) is 6.42 Å². The monoisotopic (exact) mass is 298 g/mol. The Balaban J connectivity index is 1.71. The number of rotatable bonds is 3. The average molecular weight is 298 g/mol. The first-order chi connectivity index (χ1) is 9.85. The maximum absolute atomic E-state index is 12.0. The van der Waals surface area contributed by atoms with Crippen molar-refractivity contribution in [2.24, 2.45) is 0 Å². The second-order valence-corrected chi connectivity index (χ2v) is 7.25. The molecular formula is C16H30N2O3. The van der Waals surface area contributed by atoms with Crippen LogP contribution in [0.15, 0.2) is 0 Å². The summed E-state index contributed by atoms with van der Waals surface area (Å²) in [6.45, 7) is 10.4. The summed E-state index contributed by atoms with van der Waals surface area (Å²) < 4.78 is 11.1. The van der Waals surface area contributed by atoms with Gasteiger partial charge in [0.1, 0.15) is 5.60 Å². The lowest BCUT2D eigenvalue weighted by molar-refractivity contribution is 0.0183. The molecule has 0 bridgehead atoms. The molecule has 2 saturated heterocycles. The van der Waals surface area contributed by atoms with Crippen LogP contribution in [-0.2, 0) is 9.47 Å².